The number of hydrogen-bond donors (Lipinski definition) is 2. The molecule has 8 nitrogen and oxygen atoms in total. The van der Waals surface area contributed by atoms with Gasteiger partial charge in [-0.25, -0.2) is 9.78 Å². The van der Waals surface area contributed by atoms with Crippen LogP contribution in [0.5, 0.6) is 0 Å². The molecule has 0 saturated carbocycles. The summed E-state index contributed by atoms with van der Waals surface area (Å²) < 4.78 is 0. The van der Waals surface area contributed by atoms with E-state index < -0.39 is 0 Å². The highest BCUT2D eigenvalue weighted by Crippen LogP contribution is 2.28. The molecule has 3 aromatic heterocycles. The van der Waals surface area contributed by atoms with Crippen LogP contribution in [0.1, 0.15) is 47.8 Å². The van der Waals surface area contributed by atoms with Gasteiger partial charge in [-0.05, 0) is 75.2 Å². The van der Waals surface area contributed by atoms with Crippen molar-refractivity contribution < 1.29 is 9.59 Å². The Labute approximate surface area is 227 Å². The van der Waals surface area contributed by atoms with Crippen molar-refractivity contribution in [2.24, 2.45) is 0 Å². The van der Waals surface area contributed by atoms with Crippen molar-refractivity contribution in [3.8, 4) is 0 Å². The molecule has 3 aromatic rings. The fourth-order valence-corrected chi connectivity index (χ4v) is 5.81. The molecular weight excluding hydrogens is 508 g/mol. The number of urea groups is 1. The van der Waals surface area contributed by atoms with Crippen LogP contribution in [0.15, 0.2) is 47.4 Å². The number of anilines is 2. The molecule has 4 heterocycles. The maximum absolute atomic E-state index is 13.2. The van der Waals surface area contributed by atoms with Crippen LogP contribution in [-0.2, 0) is 0 Å². The van der Waals surface area contributed by atoms with Crippen molar-refractivity contribution in [1.29, 1.82) is 0 Å². The van der Waals surface area contributed by atoms with Gasteiger partial charge < -0.3 is 15.5 Å². The summed E-state index contributed by atoms with van der Waals surface area (Å²) in [4.78, 5) is 38.6. The van der Waals surface area contributed by atoms with Crippen molar-refractivity contribution in [1.82, 2.24) is 20.2 Å². The maximum atomic E-state index is 13.2. The quantitative estimate of drug-likeness (QED) is 0.367. The lowest BCUT2D eigenvalue weighted by Gasteiger charge is -2.40. The third-order valence-corrected chi connectivity index (χ3v) is 7.71. The highest BCUT2D eigenvalue weighted by atomic mass is 35.5. The first kappa shape index (κ1) is 27.0. The maximum Gasteiger partial charge on any atom is 0.326 e. The SMILES string of the molecule is Cc1cc(Cl)nc(C)c1C(=O)NCC[C@@H](C)N1CCC(N(C(=O)Nc2cccnc2)c2ccsc2)CC1. The Kier molecular flexibility index (Phi) is 9.13. The number of thiophene rings is 1. The number of hydrogen-bond acceptors (Lipinski definition) is 6. The van der Waals surface area contributed by atoms with Gasteiger partial charge in [-0.2, -0.15) is 11.3 Å². The van der Waals surface area contributed by atoms with Crippen LogP contribution < -0.4 is 15.5 Å². The van der Waals surface area contributed by atoms with Gasteiger partial charge in [0, 0.05) is 43.3 Å². The molecule has 0 aromatic carbocycles. The van der Waals surface area contributed by atoms with Crippen LogP contribution in [0.4, 0.5) is 16.2 Å². The summed E-state index contributed by atoms with van der Waals surface area (Å²) >= 11 is 7.58. The van der Waals surface area contributed by atoms with E-state index in [2.05, 4.69) is 32.4 Å². The molecule has 1 saturated heterocycles. The first-order chi connectivity index (χ1) is 17.8. The number of aromatic nitrogens is 2. The van der Waals surface area contributed by atoms with Gasteiger partial charge in [0.05, 0.1) is 28.8 Å². The van der Waals surface area contributed by atoms with Gasteiger partial charge in [0.2, 0.25) is 0 Å². The van der Waals surface area contributed by atoms with Gasteiger partial charge in [0.25, 0.3) is 5.91 Å². The molecule has 196 valence electrons. The van der Waals surface area contributed by atoms with Gasteiger partial charge in [0.1, 0.15) is 5.15 Å². The Hall–Kier alpha value is -3.01. The highest BCUT2D eigenvalue weighted by Gasteiger charge is 2.31. The van der Waals surface area contributed by atoms with Gasteiger partial charge >= 0.3 is 6.03 Å². The lowest BCUT2D eigenvalue weighted by Crippen LogP contribution is -2.51. The van der Waals surface area contributed by atoms with Crippen LogP contribution in [0, 0.1) is 13.8 Å². The Morgan fingerprint density at radius 2 is 2.05 bits per heavy atom. The minimum absolute atomic E-state index is 0.109. The van der Waals surface area contributed by atoms with Crippen molar-refractivity contribution in [2.45, 2.75) is 52.1 Å². The number of carbonyl (C=O) groups is 2. The van der Waals surface area contributed by atoms with Gasteiger partial charge in [0.15, 0.2) is 0 Å². The Morgan fingerprint density at radius 1 is 1.27 bits per heavy atom. The number of aryl methyl sites for hydroxylation is 2. The van der Waals surface area contributed by atoms with Gasteiger partial charge in [-0.1, -0.05) is 11.6 Å². The lowest BCUT2D eigenvalue weighted by molar-refractivity contribution is 0.0944. The number of pyridine rings is 2. The highest BCUT2D eigenvalue weighted by molar-refractivity contribution is 7.08. The lowest BCUT2D eigenvalue weighted by atomic mass is 10.0. The summed E-state index contributed by atoms with van der Waals surface area (Å²) in [6.07, 6.45) is 5.93. The molecule has 1 fully saturated rings. The normalized spacial score (nSPS) is 15.2. The number of carbonyl (C=O) groups excluding carboxylic acids is 2. The smallest absolute Gasteiger partial charge is 0.326 e. The predicted molar refractivity (Wildman–Crippen MR) is 150 cm³/mol. The van der Waals surface area contributed by atoms with Crippen LogP contribution in [0.2, 0.25) is 5.15 Å². The third kappa shape index (κ3) is 6.85. The minimum atomic E-state index is -0.136. The van der Waals surface area contributed by atoms with Crippen molar-refractivity contribution >= 4 is 46.3 Å². The molecule has 1 aliphatic heterocycles. The van der Waals surface area contributed by atoms with E-state index in [1.54, 1.807) is 36.7 Å². The summed E-state index contributed by atoms with van der Waals surface area (Å²) in [5.41, 5.74) is 3.66. The average molecular weight is 541 g/mol. The first-order valence-electron chi connectivity index (χ1n) is 12.5. The summed E-state index contributed by atoms with van der Waals surface area (Å²) in [6, 6.07) is 7.64. The number of amides is 3. The van der Waals surface area contributed by atoms with Crippen molar-refractivity contribution in [2.75, 3.05) is 29.9 Å². The minimum Gasteiger partial charge on any atom is -0.352 e. The summed E-state index contributed by atoms with van der Waals surface area (Å²) in [6.45, 7) is 8.23. The summed E-state index contributed by atoms with van der Waals surface area (Å²) in [5.74, 6) is -0.115. The fourth-order valence-electron chi connectivity index (χ4n) is 4.89. The second kappa shape index (κ2) is 12.5. The number of nitrogens with one attached hydrogen (secondary N) is 2. The number of piperidine rings is 1. The van der Waals surface area contributed by atoms with Crippen LogP contribution in [-0.4, -0.2) is 58.5 Å². The molecule has 2 N–H and O–H groups in total. The van der Waals surface area contributed by atoms with Crippen molar-refractivity contribution in [3.05, 3.63) is 69.4 Å². The van der Waals surface area contributed by atoms with Crippen LogP contribution in [0.25, 0.3) is 0 Å². The standard InChI is InChI=1S/C27H33ClN6O2S/c1-18-15-24(28)31-20(3)25(18)26(35)30-11-6-19(2)33-12-7-22(8-13-33)34(23-9-14-37-17-23)27(36)32-21-5-4-10-29-16-21/h4-5,9-10,14-17,19,22H,6-8,11-13H2,1-3H3,(H,30,35)(H,32,36)/t19-/m1/s1. The topological polar surface area (TPSA) is 90.5 Å². The summed E-state index contributed by atoms with van der Waals surface area (Å²) in [7, 11) is 0. The molecule has 0 unspecified atom stereocenters. The number of likely N-dealkylation sites (tertiary alicyclic amines) is 1. The zero-order valence-electron chi connectivity index (χ0n) is 21.4. The van der Waals surface area contributed by atoms with Gasteiger partial charge in [-0.3, -0.25) is 14.7 Å². The zero-order valence-corrected chi connectivity index (χ0v) is 23.0. The molecule has 1 aliphatic rings. The van der Waals surface area contributed by atoms with Gasteiger partial charge in [-0.15, -0.1) is 0 Å². The molecule has 4 rings (SSSR count). The molecule has 3 amide bonds. The number of halogens is 1. The second-order valence-corrected chi connectivity index (χ2v) is 10.6. The van der Waals surface area contributed by atoms with Crippen LogP contribution in [0.3, 0.4) is 0 Å². The zero-order chi connectivity index (χ0) is 26.4. The van der Waals surface area contributed by atoms with E-state index in [0.29, 0.717) is 34.7 Å². The second-order valence-electron chi connectivity index (χ2n) is 9.41. The molecule has 0 aliphatic carbocycles. The monoisotopic (exact) mass is 540 g/mol. The molecule has 0 radical (unpaired) electrons. The Balaban J connectivity index is 1.29. The van der Waals surface area contributed by atoms with E-state index in [1.807, 2.05) is 40.8 Å². The van der Waals surface area contributed by atoms with E-state index in [4.69, 9.17) is 11.6 Å². The van der Waals surface area contributed by atoms with E-state index >= 15 is 0 Å². The molecule has 0 spiro atoms. The Morgan fingerprint density at radius 3 is 2.70 bits per heavy atom. The average Bonchev–Trinajstić information content (AvgIpc) is 3.39. The molecule has 0 bridgehead atoms. The molecule has 37 heavy (non-hydrogen) atoms. The van der Waals surface area contributed by atoms with Crippen molar-refractivity contribution in [3.63, 3.8) is 0 Å². The van der Waals surface area contributed by atoms with Crippen LogP contribution >= 0.6 is 22.9 Å². The Bertz CT molecular complexity index is 1180. The van der Waals surface area contributed by atoms with E-state index in [-0.39, 0.29) is 18.0 Å². The number of rotatable bonds is 8. The van der Waals surface area contributed by atoms with E-state index in [9.17, 15) is 9.59 Å². The molecule has 1 atom stereocenters. The largest absolute Gasteiger partial charge is 0.352 e. The number of nitrogens with zero attached hydrogens (tertiary/aromatic N) is 4. The van der Waals surface area contributed by atoms with E-state index in [1.165, 1.54) is 0 Å². The third-order valence-electron chi connectivity index (χ3n) is 6.84. The predicted octanol–water partition coefficient (Wildman–Crippen LogP) is 5.52. The fraction of sp³-hybridized carbons (Fsp3) is 0.407. The molecule has 10 heteroatoms. The molecular formula is C27H33ClN6O2S. The first-order valence-corrected chi connectivity index (χ1v) is 13.8. The van der Waals surface area contributed by atoms with E-state index in [0.717, 1.165) is 43.6 Å². The summed E-state index contributed by atoms with van der Waals surface area (Å²) in [5, 5.41) is 10.4.